The first kappa shape index (κ1) is 18.8. The van der Waals surface area contributed by atoms with Crippen LogP contribution in [0.2, 0.25) is 0 Å². The van der Waals surface area contributed by atoms with Gasteiger partial charge >= 0.3 is 10.9 Å². The van der Waals surface area contributed by atoms with Gasteiger partial charge in [0.25, 0.3) is 0 Å². The Labute approximate surface area is 160 Å². The molecular formula is C19H21N3O4S. The smallest absolute Gasteiger partial charge is 0.319 e. The van der Waals surface area contributed by atoms with Gasteiger partial charge in [-0.3, -0.25) is 14.7 Å². The molecule has 0 fully saturated rings. The molecule has 0 spiro atoms. The lowest BCUT2D eigenvalue weighted by Crippen LogP contribution is -2.49. The number of aromatic amines is 1. The highest BCUT2D eigenvalue weighted by Gasteiger charge is 2.31. The first-order chi connectivity index (χ1) is 12.9. The van der Waals surface area contributed by atoms with E-state index in [2.05, 4.69) is 4.98 Å². The fourth-order valence-corrected chi connectivity index (χ4v) is 3.67. The fourth-order valence-electron chi connectivity index (χ4n) is 2.91. The molecule has 1 unspecified atom stereocenters. The highest BCUT2D eigenvalue weighted by molar-refractivity contribution is 7.09. The Hall–Kier alpha value is -3.00. The molecule has 1 aliphatic rings. The van der Waals surface area contributed by atoms with E-state index in [1.165, 1.54) is 4.90 Å². The fraction of sp³-hybridized carbons (Fsp3) is 0.263. The summed E-state index contributed by atoms with van der Waals surface area (Å²) in [5.41, 5.74) is 5.87. The molecule has 0 radical (unpaired) electrons. The number of hydrogen-bond donors (Lipinski definition) is 3. The van der Waals surface area contributed by atoms with Gasteiger partial charge in [-0.1, -0.05) is 35.6 Å². The van der Waals surface area contributed by atoms with Crippen molar-refractivity contribution in [2.24, 2.45) is 5.73 Å². The number of rotatable bonds is 6. The van der Waals surface area contributed by atoms with Crippen molar-refractivity contribution in [3.05, 3.63) is 68.8 Å². The van der Waals surface area contributed by atoms with Gasteiger partial charge in [0.05, 0.1) is 17.0 Å². The summed E-state index contributed by atoms with van der Waals surface area (Å²) in [5, 5.41) is 9.65. The van der Waals surface area contributed by atoms with Crippen LogP contribution in [0.5, 0.6) is 11.6 Å². The number of allylic oxidation sites excluding steroid dienone is 2. The van der Waals surface area contributed by atoms with E-state index in [0.29, 0.717) is 30.1 Å². The molecule has 0 aliphatic carbocycles. The number of hydrogen-bond acceptors (Lipinski definition) is 5. The summed E-state index contributed by atoms with van der Waals surface area (Å²) in [5.74, 6) is 0.627. The number of nitrogens with zero attached hydrogens (tertiary/aromatic N) is 1. The number of H-pyrrole nitrogens is 1. The molecule has 1 aromatic heterocycles. The quantitative estimate of drug-likeness (QED) is 0.708. The summed E-state index contributed by atoms with van der Waals surface area (Å²) in [4.78, 5) is 27.0. The van der Waals surface area contributed by atoms with Gasteiger partial charge in [0.1, 0.15) is 5.75 Å². The van der Waals surface area contributed by atoms with Crippen molar-refractivity contribution in [3.63, 3.8) is 0 Å². The number of aromatic hydroxyl groups is 1. The maximum Gasteiger partial charge on any atom is 0.319 e. The first-order valence-electron chi connectivity index (χ1n) is 8.45. The molecular weight excluding hydrogens is 366 g/mol. The minimum Gasteiger partial charge on any atom is -0.494 e. The summed E-state index contributed by atoms with van der Waals surface area (Å²) in [6, 6.07) is 6.95. The molecule has 2 aromatic rings. The number of ether oxygens (including phenoxy) is 1. The predicted octanol–water partition coefficient (Wildman–Crippen LogP) is 2.72. The molecule has 1 atom stereocenters. The molecule has 4 N–H and O–H groups in total. The third kappa shape index (κ3) is 4.40. The number of nitrogens with one attached hydrogen (secondary N) is 1. The van der Waals surface area contributed by atoms with Crippen LogP contribution < -0.4 is 15.3 Å². The number of urea groups is 1. The van der Waals surface area contributed by atoms with Crippen molar-refractivity contribution in [2.75, 3.05) is 6.61 Å². The van der Waals surface area contributed by atoms with Gasteiger partial charge in [-0.05, 0) is 30.7 Å². The van der Waals surface area contributed by atoms with Gasteiger partial charge in [0, 0.05) is 19.0 Å². The summed E-state index contributed by atoms with van der Waals surface area (Å²) < 4.78 is 5.80. The molecule has 2 amide bonds. The third-order valence-electron chi connectivity index (χ3n) is 4.45. The van der Waals surface area contributed by atoms with E-state index >= 15 is 0 Å². The summed E-state index contributed by atoms with van der Waals surface area (Å²) >= 11 is 0.998. The second-order valence-electron chi connectivity index (χ2n) is 6.47. The Morgan fingerprint density at radius 1 is 1.33 bits per heavy atom. The average molecular weight is 387 g/mol. The minimum absolute atomic E-state index is 0.0767. The Morgan fingerprint density at radius 2 is 2.07 bits per heavy atom. The van der Waals surface area contributed by atoms with Gasteiger partial charge in [0.15, 0.2) is 0 Å². The lowest BCUT2D eigenvalue weighted by molar-refractivity contribution is 0.169. The maximum absolute atomic E-state index is 11.6. The number of thiazole rings is 1. The number of benzene rings is 1. The zero-order valence-electron chi connectivity index (χ0n) is 14.8. The van der Waals surface area contributed by atoms with E-state index in [9.17, 15) is 14.7 Å². The van der Waals surface area contributed by atoms with E-state index in [4.69, 9.17) is 10.5 Å². The Bertz CT molecular complexity index is 929. The molecule has 2 heterocycles. The SMILES string of the molecule is CC1(CCOc2ccc(Cc3sc(=O)[nH]c3O)cc2)C=CC=CN1C(N)=O. The van der Waals surface area contributed by atoms with Gasteiger partial charge in [-0.2, -0.15) is 0 Å². The van der Waals surface area contributed by atoms with E-state index in [1.54, 1.807) is 12.3 Å². The third-order valence-corrected chi connectivity index (χ3v) is 5.33. The number of aromatic nitrogens is 1. The molecule has 0 bridgehead atoms. The Balaban J connectivity index is 1.56. The van der Waals surface area contributed by atoms with E-state index in [0.717, 1.165) is 16.9 Å². The van der Waals surface area contributed by atoms with Crippen molar-refractivity contribution in [1.82, 2.24) is 9.88 Å². The standard InChI is InChI=1S/C19H21N3O4S/c1-19(8-2-3-10-22(19)17(20)24)9-11-26-14-6-4-13(5-7-14)12-15-16(23)21-18(25)27-15/h2-8,10,23H,9,11-12H2,1H3,(H2,20,24)(H,21,25). The van der Waals surface area contributed by atoms with Crippen LogP contribution in [0.25, 0.3) is 0 Å². The zero-order valence-corrected chi connectivity index (χ0v) is 15.7. The summed E-state index contributed by atoms with van der Waals surface area (Å²) in [6.45, 7) is 2.34. The van der Waals surface area contributed by atoms with Crippen molar-refractivity contribution in [1.29, 1.82) is 0 Å². The maximum atomic E-state index is 11.6. The molecule has 8 heteroatoms. The van der Waals surface area contributed by atoms with Crippen molar-refractivity contribution >= 4 is 17.4 Å². The van der Waals surface area contributed by atoms with Crippen LogP contribution >= 0.6 is 11.3 Å². The molecule has 27 heavy (non-hydrogen) atoms. The van der Waals surface area contributed by atoms with E-state index in [1.807, 2.05) is 43.3 Å². The van der Waals surface area contributed by atoms with Gasteiger partial charge in [-0.15, -0.1) is 0 Å². The first-order valence-corrected chi connectivity index (χ1v) is 9.26. The minimum atomic E-state index is -0.524. The summed E-state index contributed by atoms with van der Waals surface area (Å²) in [6.07, 6.45) is 8.31. The largest absolute Gasteiger partial charge is 0.494 e. The van der Waals surface area contributed by atoms with E-state index < -0.39 is 11.6 Å². The van der Waals surface area contributed by atoms with Crippen molar-refractivity contribution < 1.29 is 14.6 Å². The molecule has 142 valence electrons. The number of nitrogens with two attached hydrogens (primary N) is 1. The van der Waals surface area contributed by atoms with Crippen molar-refractivity contribution in [3.8, 4) is 11.6 Å². The van der Waals surface area contributed by atoms with E-state index in [-0.39, 0.29) is 10.8 Å². The number of carbonyl (C=O) groups is 1. The van der Waals surface area contributed by atoms with Crippen LogP contribution in [0.4, 0.5) is 4.79 Å². The van der Waals surface area contributed by atoms with Crippen LogP contribution in [0, 0.1) is 0 Å². The van der Waals surface area contributed by atoms with Crippen LogP contribution in [-0.4, -0.2) is 33.2 Å². The summed E-state index contributed by atoms with van der Waals surface area (Å²) in [7, 11) is 0. The second kappa shape index (κ2) is 7.71. The highest BCUT2D eigenvalue weighted by atomic mass is 32.1. The number of carbonyl (C=O) groups excluding carboxylic acids is 1. The van der Waals surface area contributed by atoms with Gasteiger partial charge < -0.3 is 15.6 Å². The molecule has 3 rings (SSSR count). The lowest BCUT2D eigenvalue weighted by Gasteiger charge is -2.37. The monoisotopic (exact) mass is 387 g/mol. The molecule has 1 aromatic carbocycles. The van der Waals surface area contributed by atoms with Crippen LogP contribution in [0.3, 0.4) is 0 Å². The predicted molar refractivity (Wildman–Crippen MR) is 104 cm³/mol. The topological polar surface area (TPSA) is 109 Å². The van der Waals surface area contributed by atoms with Crippen LogP contribution in [0.15, 0.2) is 53.5 Å². The molecule has 7 nitrogen and oxygen atoms in total. The number of amides is 2. The second-order valence-corrected chi connectivity index (χ2v) is 7.54. The molecule has 0 saturated heterocycles. The average Bonchev–Trinajstić information content (AvgIpc) is 2.93. The molecule has 0 saturated carbocycles. The normalized spacial score (nSPS) is 18.6. The Morgan fingerprint density at radius 3 is 2.70 bits per heavy atom. The highest BCUT2D eigenvalue weighted by Crippen LogP contribution is 2.26. The van der Waals surface area contributed by atoms with Crippen LogP contribution in [0.1, 0.15) is 23.8 Å². The van der Waals surface area contributed by atoms with Gasteiger partial charge in [-0.25, -0.2) is 4.79 Å². The zero-order chi connectivity index (χ0) is 19.4. The Kier molecular flexibility index (Phi) is 5.36. The van der Waals surface area contributed by atoms with Gasteiger partial charge in [0.2, 0.25) is 5.88 Å². The number of primary amides is 1. The van der Waals surface area contributed by atoms with Crippen molar-refractivity contribution in [2.45, 2.75) is 25.3 Å². The van der Waals surface area contributed by atoms with Crippen LogP contribution in [-0.2, 0) is 6.42 Å². The molecule has 1 aliphatic heterocycles. The lowest BCUT2D eigenvalue weighted by atomic mass is 9.94.